The molecule has 6 heteroatoms. The van der Waals surface area contributed by atoms with Crippen molar-refractivity contribution in [2.75, 3.05) is 32.6 Å². The highest BCUT2D eigenvalue weighted by atomic mass is 16.5. The van der Waals surface area contributed by atoms with E-state index < -0.39 is 0 Å². The smallest absolute Gasteiger partial charge is 0.319 e. The quantitative estimate of drug-likeness (QED) is 0.664. The zero-order chi connectivity index (χ0) is 19.5. The van der Waals surface area contributed by atoms with E-state index in [2.05, 4.69) is 24.5 Å². The minimum absolute atomic E-state index is 0.0678. The van der Waals surface area contributed by atoms with Gasteiger partial charge in [0.1, 0.15) is 5.75 Å². The fraction of sp³-hybridized carbons (Fsp3) is 0.600. The van der Waals surface area contributed by atoms with E-state index >= 15 is 0 Å². The molecular weight excluding hydrogens is 330 g/mol. The van der Waals surface area contributed by atoms with Gasteiger partial charge in [-0.25, -0.2) is 4.79 Å². The molecule has 0 spiro atoms. The molecule has 1 atom stereocenters. The summed E-state index contributed by atoms with van der Waals surface area (Å²) in [5, 5.41) is 5.76. The van der Waals surface area contributed by atoms with Crippen molar-refractivity contribution < 1.29 is 14.3 Å². The van der Waals surface area contributed by atoms with Crippen molar-refractivity contribution in [3.63, 3.8) is 0 Å². The summed E-state index contributed by atoms with van der Waals surface area (Å²) in [6.07, 6.45) is 4.51. The maximum Gasteiger partial charge on any atom is 0.319 e. The number of nitrogens with one attached hydrogen (secondary N) is 2. The molecule has 0 aliphatic carbocycles. The van der Waals surface area contributed by atoms with Crippen molar-refractivity contribution in [2.45, 2.75) is 46.5 Å². The van der Waals surface area contributed by atoms with Crippen LogP contribution in [0.15, 0.2) is 18.2 Å². The molecule has 0 fully saturated rings. The summed E-state index contributed by atoms with van der Waals surface area (Å²) in [7, 11) is 3.36. The van der Waals surface area contributed by atoms with Crippen LogP contribution >= 0.6 is 0 Å². The van der Waals surface area contributed by atoms with E-state index in [1.165, 1.54) is 17.7 Å². The molecule has 1 unspecified atom stereocenters. The van der Waals surface area contributed by atoms with Crippen molar-refractivity contribution in [3.8, 4) is 5.75 Å². The molecule has 0 aliphatic rings. The molecule has 1 aromatic carbocycles. The van der Waals surface area contributed by atoms with Gasteiger partial charge < -0.3 is 20.3 Å². The first kappa shape index (κ1) is 21.8. The highest BCUT2D eigenvalue weighted by Crippen LogP contribution is 2.25. The van der Waals surface area contributed by atoms with Crippen LogP contribution in [-0.4, -0.2) is 44.1 Å². The number of anilines is 1. The van der Waals surface area contributed by atoms with Gasteiger partial charge in [0.05, 0.1) is 5.69 Å². The molecule has 0 heterocycles. The van der Waals surface area contributed by atoms with Crippen LogP contribution in [0, 0.1) is 12.8 Å². The first-order valence-corrected chi connectivity index (χ1v) is 9.35. The largest absolute Gasteiger partial charge is 0.482 e. The number of likely N-dealkylation sites (N-methyl/N-ethyl adjacent to an activating group) is 1. The molecule has 0 aliphatic heterocycles. The Morgan fingerprint density at radius 1 is 1.23 bits per heavy atom. The van der Waals surface area contributed by atoms with Crippen LogP contribution in [0.4, 0.5) is 10.5 Å². The number of rotatable bonds is 10. The number of benzene rings is 1. The highest BCUT2D eigenvalue weighted by Gasteiger charge is 2.12. The van der Waals surface area contributed by atoms with Crippen molar-refractivity contribution in [1.82, 2.24) is 10.2 Å². The Morgan fingerprint density at radius 3 is 2.58 bits per heavy atom. The molecule has 0 saturated carbocycles. The van der Waals surface area contributed by atoms with Crippen molar-refractivity contribution in [3.05, 3.63) is 23.8 Å². The Morgan fingerprint density at radius 2 is 1.96 bits per heavy atom. The predicted octanol–water partition coefficient (Wildman–Crippen LogP) is 3.80. The van der Waals surface area contributed by atoms with Crippen LogP contribution in [0.25, 0.3) is 0 Å². The summed E-state index contributed by atoms with van der Waals surface area (Å²) < 4.78 is 5.61. The summed E-state index contributed by atoms with van der Waals surface area (Å²) in [5.41, 5.74) is 1.55. The first-order chi connectivity index (χ1) is 12.4. The summed E-state index contributed by atoms with van der Waals surface area (Å²) in [6, 6.07) is 5.24. The molecule has 146 valence electrons. The second-order valence-corrected chi connectivity index (χ2v) is 6.83. The molecule has 0 aromatic heterocycles. The molecule has 0 bridgehead atoms. The number of amides is 3. The minimum Gasteiger partial charge on any atom is -0.482 e. The Bertz CT molecular complexity index is 588. The van der Waals surface area contributed by atoms with E-state index in [1.807, 2.05) is 19.1 Å². The Labute approximate surface area is 157 Å². The van der Waals surface area contributed by atoms with Crippen LogP contribution in [0.3, 0.4) is 0 Å². The van der Waals surface area contributed by atoms with E-state index in [1.54, 1.807) is 20.2 Å². The summed E-state index contributed by atoms with van der Waals surface area (Å²) in [4.78, 5) is 25.4. The third-order valence-electron chi connectivity index (χ3n) is 4.33. The monoisotopic (exact) mass is 363 g/mol. The van der Waals surface area contributed by atoms with Gasteiger partial charge in [-0.2, -0.15) is 0 Å². The number of unbranched alkanes of at least 4 members (excludes halogenated alkanes) is 1. The molecule has 0 radical (unpaired) electrons. The van der Waals surface area contributed by atoms with Gasteiger partial charge in [0.2, 0.25) is 0 Å². The number of urea groups is 1. The Hall–Kier alpha value is -2.24. The zero-order valence-electron chi connectivity index (χ0n) is 16.7. The third-order valence-corrected chi connectivity index (χ3v) is 4.33. The van der Waals surface area contributed by atoms with Gasteiger partial charge in [0.25, 0.3) is 5.91 Å². The predicted molar refractivity (Wildman–Crippen MR) is 106 cm³/mol. The van der Waals surface area contributed by atoms with Crippen LogP contribution in [-0.2, 0) is 4.79 Å². The van der Waals surface area contributed by atoms with Crippen molar-refractivity contribution >= 4 is 17.6 Å². The van der Waals surface area contributed by atoms with Crippen molar-refractivity contribution in [2.24, 2.45) is 5.92 Å². The van der Waals surface area contributed by atoms with Crippen LogP contribution in [0.2, 0.25) is 0 Å². The molecule has 6 nitrogen and oxygen atoms in total. The number of ether oxygens (including phenoxy) is 1. The molecule has 2 N–H and O–H groups in total. The maximum absolute atomic E-state index is 12.2. The number of carbonyl (C=O) groups excluding carboxylic acids is 2. The third kappa shape index (κ3) is 7.76. The minimum atomic E-state index is -0.257. The number of nitrogens with zero attached hydrogens (tertiary/aromatic N) is 1. The molecule has 26 heavy (non-hydrogen) atoms. The first-order valence-electron chi connectivity index (χ1n) is 9.35. The Balaban J connectivity index is 2.64. The van der Waals surface area contributed by atoms with Gasteiger partial charge in [0, 0.05) is 20.6 Å². The molecular formula is C20H33N3O3. The number of carbonyl (C=O) groups is 2. The standard InChI is InChI=1S/C20H33N3O3/c1-6-8-9-16(7-2)13-21-20(25)22-17-11-10-15(3)12-18(17)26-14-19(24)23(4)5/h10-12,16H,6-9,13-14H2,1-5H3,(H2,21,22,25). The van der Waals surface area contributed by atoms with E-state index in [0.717, 1.165) is 18.4 Å². The fourth-order valence-corrected chi connectivity index (χ4v) is 2.47. The summed E-state index contributed by atoms with van der Waals surface area (Å²) in [5.74, 6) is 0.851. The van der Waals surface area contributed by atoms with E-state index in [-0.39, 0.29) is 18.5 Å². The van der Waals surface area contributed by atoms with E-state index in [9.17, 15) is 9.59 Å². The van der Waals surface area contributed by atoms with Crippen LogP contribution in [0.1, 0.15) is 45.1 Å². The molecule has 1 rings (SSSR count). The van der Waals surface area contributed by atoms with Crippen LogP contribution < -0.4 is 15.4 Å². The average molecular weight is 364 g/mol. The second kappa shape index (κ2) is 11.4. The van der Waals surface area contributed by atoms with Gasteiger partial charge >= 0.3 is 6.03 Å². The number of hydrogen-bond donors (Lipinski definition) is 2. The lowest BCUT2D eigenvalue weighted by Crippen LogP contribution is -2.33. The highest BCUT2D eigenvalue weighted by molar-refractivity contribution is 5.91. The number of aryl methyl sites for hydroxylation is 1. The topological polar surface area (TPSA) is 70.7 Å². The van der Waals surface area contributed by atoms with Gasteiger partial charge in [0.15, 0.2) is 6.61 Å². The second-order valence-electron chi connectivity index (χ2n) is 6.83. The maximum atomic E-state index is 12.2. The molecule has 1 aromatic rings. The van der Waals surface area contributed by atoms with Gasteiger partial charge in [-0.1, -0.05) is 39.2 Å². The number of hydrogen-bond acceptors (Lipinski definition) is 3. The van der Waals surface area contributed by atoms with Crippen molar-refractivity contribution in [1.29, 1.82) is 0 Å². The Kier molecular flexibility index (Phi) is 9.55. The lowest BCUT2D eigenvalue weighted by atomic mass is 9.99. The summed E-state index contributed by atoms with van der Waals surface area (Å²) >= 11 is 0. The van der Waals surface area contributed by atoms with E-state index in [0.29, 0.717) is 23.9 Å². The van der Waals surface area contributed by atoms with Gasteiger partial charge in [-0.3, -0.25) is 4.79 Å². The normalized spacial score (nSPS) is 11.6. The summed E-state index contributed by atoms with van der Waals surface area (Å²) in [6.45, 7) is 6.84. The SMILES string of the molecule is CCCCC(CC)CNC(=O)Nc1ccc(C)cc1OCC(=O)N(C)C. The molecule has 3 amide bonds. The van der Waals surface area contributed by atoms with E-state index in [4.69, 9.17) is 4.74 Å². The zero-order valence-corrected chi connectivity index (χ0v) is 16.7. The average Bonchev–Trinajstić information content (AvgIpc) is 2.61. The molecule has 0 saturated heterocycles. The lowest BCUT2D eigenvalue weighted by Gasteiger charge is -2.17. The lowest BCUT2D eigenvalue weighted by molar-refractivity contribution is -0.130. The van der Waals surface area contributed by atoms with Crippen LogP contribution in [0.5, 0.6) is 5.75 Å². The fourth-order valence-electron chi connectivity index (χ4n) is 2.47. The van der Waals surface area contributed by atoms with Gasteiger partial charge in [-0.15, -0.1) is 0 Å². The van der Waals surface area contributed by atoms with Gasteiger partial charge in [-0.05, 0) is 37.0 Å².